The normalized spacial score (nSPS) is 16.6. The van der Waals surface area contributed by atoms with E-state index in [1.807, 2.05) is 6.07 Å². The second kappa shape index (κ2) is 7.73. The van der Waals surface area contributed by atoms with Crippen molar-refractivity contribution in [1.82, 2.24) is 24.9 Å². The molecule has 1 N–H and O–H groups in total. The number of nitrogens with zero attached hydrogens (tertiary/aromatic N) is 4. The summed E-state index contributed by atoms with van der Waals surface area (Å²) >= 11 is 6.07. The van der Waals surface area contributed by atoms with Crippen LogP contribution in [0.1, 0.15) is 18.5 Å². The maximum absolute atomic E-state index is 13.0. The maximum Gasteiger partial charge on any atom is 0.293 e. The molecule has 1 atom stereocenters. The van der Waals surface area contributed by atoms with Crippen molar-refractivity contribution in [3.05, 3.63) is 51.5 Å². The lowest BCUT2D eigenvalue weighted by atomic mass is 10.2. The number of benzene rings is 1. The summed E-state index contributed by atoms with van der Waals surface area (Å²) in [6.07, 6.45) is 3.58. The molecule has 4 rings (SSSR count). The second-order valence-electron chi connectivity index (χ2n) is 6.79. The fourth-order valence-electron chi connectivity index (χ4n) is 3.36. The van der Waals surface area contributed by atoms with E-state index in [2.05, 4.69) is 15.5 Å². The zero-order valence-corrected chi connectivity index (χ0v) is 16.1. The summed E-state index contributed by atoms with van der Waals surface area (Å²) in [6.45, 7) is 2.79. The lowest BCUT2D eigenvalue weighted by molar-refractivity contribution is -0.122. The van der Waals surface area contributed by atoms with Gasteiger partial charge in [-0.15, -0.1) is 0 Å². The Labute approximate surface area is 166 Å². The minimum absolute atomic E-state index is 0.0436. The van der Waals surface area contributed by atoms with Gasteiger partial charge in [0.05, 0.1) is 23.7 Å². The molecule has 1 fully saturated rings. The van der Waals surface area contributed by atoms with E-state index < -0.39 is 0 Å². The lowest BCUT2D eigenvalue weighted by Crippen LogP contribution is -2.37. The number of amides is 1. The van der Waals surface area contributed by atoms with Gasteiger partial charge in [-0.3, -0.25) is 9.59 Å². The van der Waals surface area contributed by atoms with Crippen molar-refractivity contribution in [3.8, 4) is 5.69 Å². The summed E-state index contributed by atoms with van der Waals surface area (Å²) in [7, 11) is 0. The predicted octanol–water partition coefficient (Wildman–Crippen LogP) is 1.84. The highest BCUT2D eigenvalue weighted by Crippen LogP contribution is 2.19. The average molecular weight is 402 g/mol. The highest BCUT2D eigenvalue weighted by atomic mass is 35.5. The summed E-state index contributed by atoms with van der Waals surface area (Å²) in [5.41, 5.74) is 1.27. The topological polar surface area (TPSA) is 91.0 Å². The fourth-order valence-corrected chi connectivity index (χ4v) is 3.54. The van der Waals surface area contributed by atoms with Crippen molar-refractivity contribution in [3.63, 3.8) is 0 Å². The van der Waals surface area contributed by atoms with E-state index in [4.69, 9.17) is 16.3 Å². The highest BCUT2D eigenvalue weighted by Gasteiger charge is 2.19. The van der Waals surface area contributed by atoms with Crippen molar-refractivity contribution >= 4 is 28.4 Å². The number of hydrogen-bond donors (Lipinski definition) is 1. The Hall–Kier alpha value is -2.71. The van der Waals surface area contributed by atoms with Gasteiger partial charge in [0.25, 0.3) is 5.56 Å². The number of carbonyl (C=O) groups excluding carboxylic acids is 1. The first-order valence-corrected chi connectivity index (χ1v) is 9.50. The average Bonchev–Trinajstić information content (AvgIpc) is 3.34. The number of carbonyl (C=O) groups is 1. The van der Waals surface area contributed by atoms with E-state index in [1.54, 1.807) is 31.3 Å². The van der Waals surface area contributed by atoms with Crippen LogP contribution in [0.25, 0.3) is 16.6 Å². The Bertz CT molecular complexity index is 1080. The smallest absolute Gasteiger partial charge is 0.293 e. The van der Waals surface area contributed by atoms with E-state index in [0.29, 0.717) is 33.9 Å². The first-order valence-electron chi connectivity index (χ1n) is 9.12. The largest absolute Gasteiger partial charge is 0.376 e. The van der Waals surface area contributed by atoms with Crippen LogP contribution in [0.15, 0.2) is 35.3 Å². The summed E-state index contributed by atoms with van der Waals surface area (Å²) in [6, 6.07) is 7.07. The quantitative estimate of drug-likeness (QED) is 0.704. The molecule has 0 spiro atoms. The summed E-state index contributed by atoms with van der Waals surface area (Å²) < 4.78 is 8.20. The van der Waals surface area contributed by atoms with Crippen LogP contribution in [0.2, 0.25) is 5.02 Å². The van der Waals surface area contributed by atoms with Crippen LogP contribution in [-0.4, -0.2) is 44.7 Å². The number of ether oxygens (including phenoxy) is 1. The Kier molecular flexibility index (Phi) is 5.15. The second-order valence-corrected chi connectivity index (χ2v) is 7.22. The van der Waals surface area contributed by atoms with Gasteiger partial charge in [0.15, 0.2) is 0 Å². The third-order valence-electron chi connectivity index (χ3n) is 4.76. The summed E-state index contributed by atoms with van der Waals surface area (Å²) in [5.74, 6) is -0.280. The zero-order valence-electron chi connectivity index (χ0n) is 15.4. The van der Waals surface area contributed by atoms with Gasteiger partial charge in [-0.25, -0.2) is 9.36 Å². The molecule has 0 bridgehead atoms. The summed E-state index contributed by atoms with van der Waals surface area (Å²) in [5, 5.41) is 12.6. The molecular weight excluding hydrogens is 382 g/mol. The predicted molar refractivity (Wildman–Crippen MR) is 105 cm³/mol. The molecule has 0 radical (unpaired) electrons. The van der Waals surface area contributed by atoms with E-state index in [9.17, 15) is 9.59 Å². The number of hydrogen-bond acceptors (Lipinski definition) is 5. The van der Waals surface area contributed by atoms with Crippen molar-refractivity contribution < 1.29 is 9.53 Å². The van der Waals surface area contributed by atoms with Gasteiger partial charge in [-0.1, -0.05) is 17.7 Å². The van der Waals surface area contributed by atoms with Crippen LogP contribution >= 0.6 is 11.6 Å². The van der Waals surface area contributed by atoms with Gasteiger partial charge in [0.2, 0.25) is 5.91 Å². The van der Waals surface area contributed by atoms with Gasteiger partial charge in [0, 0.05) is 23.6 Å². The molecule has 1 amide bonds. The maximum atomic E-state index is 13.0. The minimum atomic E-state index is -0.384. The molecule has 2 aromatic heterocycles. The van der Waals surface area contributed by atoms with Crippen LogP contribution in [0.4, 0.5) is 0 Å². The molecule has 0 saturated carbocycles. The molecule has 9 heteroatoms. The Morgan fingerprint density at radius 2 is 2.29 bits per heavy atom. The third-order valence-corrected chi connectivity index (χ3v) is 5.00. The van der Waals surface area contributed by atoms with Gasteiger partial charge < -0.3 is 10.1 Å². The molecule has 28 heavy (non-hydrogen) atoms. The zero-order chi connectivity index (χ0) is 19.7. The fraction of sp³-hybridized carbons (Fsp3) is 0.368. The van der Waals surface area contributed by atoms with E-state index in [0.717, 1.165) is 19.4 Å². The third kappa shape index (κ3) is 3.65. The molecule has 146 valence electrons. The lowest BCUT2D eigenvalue weighted by Gasteiger charge is -2.12. The van der Waals surface area contributed by atoms with Crippen molar-refractivity contribution in [2.45, 2.75) is 32.4 Å². The van der Waals surface area contributed by atoms with Crippen LogP contribution < -0.4 is 10.9 Å². The molecular formula is C19H20ClN5O3. The number of fused-ring (bicyclic) bond motifs is 1. The van der Waals surface area contributed by atoms with E-state index in [-0.39, 0.29) is 24.1 Å². The first-order chi connectivity index (χ1) is 13.5. The number of rotatable bonds is 5. The highest BCUT2D eigenvalue weighted by molar-refractivity contribution is 6.30. The van der Waals surface area contributed by atoms with Gasteiger partial charge in [-0.2, -0.15) is 10.2 Å². The molecule has 1 aromatic carbocycles. The monoisotopic (exact) mass is 401 g/mol. The van der Waals surface area contributed by atoms with Crippen LogP contribution in [0, 0.1) is 6.92 Å². The van der Waals surface area contributed by atoms with Crippen LogP contribution in [-0.2, 0) is 16.1 Å². The Morgan fingerprint density at radius 1 is 1.43 bits per heavy atom. The standard InChI is InChI=1S/C19H20ClN5O3/c1-12-16-10-22-25(14-5-2-4-13(20)8-14)18(16)19(27)24(23-12)11-17(26)21-9-15-6-3-7-28-15/h2,4-5,8,10,15H,3,6-7,9,11H2,1H3,(H,21,26)/t15-/m0/s1. The number of aryl methyl sites for hydroxylation is 1. The molecule has 1 aliphatic heterocycles. The molecule has 0 unspecified atom stereocenters. The molecule has 0 aliphatic carbocycles. The molecule has 3 aromatic rings. The van der Waals surface area contributed by atoms with E-state index in [1.165, 1.54) is 9.36 Å². The van der Waals surface area contributed by atoms with E-state index >= 15 is 0 Å². The van der Waals surface area contributed by atoms with Crippen molar-refractivity contribution in [1.29, 1.82) is 0 Å². The molecule has 1 aliphatic rings. The van der Waals surface area contributed by atoms with Crippen molar-refractivity contribution in [2.75, 3.05) is 13.2 Å². The Balaban J connectivity index is 1.64. The van der Waals surface area contributed by atoms with Crippen molar-refractivity contribution in [2.24, 2.45) is 0 Å². The van der Waals surface area contributed by atoms with Gasteiger partial charge in [0.1, 0.15) is 12.1 Å². The number of nitrogens with one attached hydrogen (secondary N) is 1. The van der Waals surface area contributed by atoms with Crippen LogP contribution in [0.3, 0.4) is 0 Å². The molecule has 8 nitrogen and oxygen atoms in total. The Morgan fingerprint density at radius 3 is 3.04 bits per heavy atom. The molecule has 3 heterocycles. The number of aromatic nitrogens is 4. The first kappa shape index (κ1) is 18.6. The van der Waals surface area contributed by atoms with Gasteiger partial charge in [-0.05, 0) is 38.0 Å². The minimum Gasteiger partial charge on any atom is -0.376 e. The SMILES string of the molecule is Cc1nn(CC(=O)NC[C@@H]2CCCO2)c(=O)c2c1cnn2-c1cccc(Cl)c1. The number of halogens is 1. The van der Waals surface area contributed by atoms with Crippen LogP contribution in [0.5, 0.6) is 0 Å². The van der Waals surface area contributed by atoms with Gasteiger partial charge >= 0.3 is 0 Å². The summed E-state index contributed by atoms with van der Waals surface area (Å²) in [4.78, 5) is 25.3. The molecule has 1 saturated heterocycles.